The second kappa shape index (κ2) is 8.93. The first-order chi connectivity index (χ1) is 14.2. The Morgan fingerprint density at radius 1 is 0.759 bits per heavy atom. The van der Waals surface area contributed by atoms with Crippen molar-refractivity contribution in [1.82, 2.24) is 4.57 Å². The molecule has 29 heavy (non-hydrogen) atoms. The maximum absolute atomic E-state index is 13.0. The average molecular weight is 446 g/mol. The SMILES string of the molecule is O=c1c(Br)c(OCc2ccccc2)c(-c2ccccc2)cn1Cc1ccccc1. The highest BCUT2D eigenvalue weighted by molar-refractivity contribution is 9.10. The lowest BCUT2D eigenvalue weighted by Gasteiger charge is -2.17. The quantitative estimate of drug-likeness (QED) is 0.369. The predicted molar refractivity (Wildman–Crippen MR) is 120 cm³/mol. The molecule has 0 radical (unpaired) electrons. The summed E-state index contributed by atoms with van der Waals surface area (Å²) >= 11 is 3.51. The molecule has 0 spiro atoms. The van der Waals surface area contributed by atoms with Crippen molar-refractivity contribution in [2.24, 2.45) is 0 Å². The van der Waals surface area contributed by atoms with Crippen LogP contribution in [0.15, 0.2) is 106 Å². The molecule has 0 aliphatic rings. The van der Waals surface area contributed by atoms with Crippen LogP contribution in [0.1, 0.15) is 11.1 Å². The Balaban J connectivity index is 1.77. The zero-order valence-corrected chi connectivity index (χ0v) is 17.4. The Kier molecular flexibility index (Phi) is 5.92. The highest BCUT2D eigenvalue weighted by Crippen LogP contribution is 2.35. The maximum atomic E-state index is 13.0. The Labute approximate surface area is 178 Å². The minimum Gasteiger partial charge on any atom is -0.487 e. The number of halogens is 1. The van der Waals surface area contributed by atoms with Crippen molar-refractivity contribution in [3.63, 3.8) is 0 Å². The van der Waals surface area contributed by atoms with Crippen LogP contribution < -0.4 is 10.3 Å². The van der Waals surface area contributed by atoms with Crippen molar-refractivity contribution in [1.29, 1.82) is 0 Å². The number of aromatic nitrogens is 1. The second-order valence-corrected chi connectivity index (χ2v) is 7.54. The molecule has 144 valence electrons. The van der Waals surface area contributed by atoms with Gasteiger partial charge in [-0.2, -0.15) is 0 Å². The summed E-state index contributed by atoms with van der Waals surface area (Å²) in [6.07, 6.45) is 1.88. The molecule has 0 bridgehead atoms. The highest BCUT2D eigenvalue weighted by Gasteiger charge is 2.17. The molecule has 3 nitrogen and oxygen atoms in total. The van der Waals surface area contributed by atoms with Crippen molar-refractivity contribution in [3.05, 3.63) is 123 Å². The van der Waals surface area contributed by atoms with Crippen LogP contribution in [0.3, 0.4) is 0 Å². The van der Waals surface area contributed by atoms with E-state index in [9.17, 15) is 4.79 Å². The first kappa shape index (κ1) is 19.2. The van der Waals surface area contributed by atoms with Gasteiger partial charge in [0.1, 0.15) is 16.8 Å². The van der Waals surface area contributed by atoms with E-state index in [-0.39, 0.29) is 5.56 Å². The number of benzene rings is 3. The van der Waals surface area contributed by atoms with Gasteiger partial charge in [0.2, 0.25) is 0 Å². The lowest BCUT2D eigenvalue weighted by atomic mass is 10.1. The molecule has 0 atom stereocenters. The van der Waals surface area contributed by atoms with Crippen molar-refractivity contribution in [3.8, 4) is 16.9 Å². The minimum atomic E-state index is -0.114. The maximum Gasteiger partial charge on any atom is 0.269 e. The number of hydrogen-bond acceptors (Lipinski definition) is 2. The third-order valence-corrected chi connectivity index (χ3v) is 5.38. The lowest BCUT2D eigenvalue weighted by molar-refractivity contribution is 0.304. The monoisotopic (exact) mass is 445 g/mol. The number of rotatable bonds is 6. The van der Waals surface area contributed by atoms with Gasteiger partial charge in [-0.25, -0.2) is 0 Å². The summed E-state index contributed by atoms with van der Waals surface area (Å²) in [5.74, 6) is 0.564. The van der Waals surface area contributed by atoms with E-state index in [0.29, 0.717) is 23.4 Å². The molecule has 1 aromatic heterocycles. The number of nitrogens with zero attached hydrogens (tertiary/aromatic N) is 1. The van der Waals surface area contributed by atoms with Crippen LogP contribution in [-0.4, -0.2) is 4.57 Å². The molecular weight excluding hydrogens is 426 g/mol. The Hall–Kier alpha value is -3.11. The molecule has 3 aromatic carbocycles. The van der Waals surface area contributed by atoms with Gasteiger partial charge in [0.15, 0.2) is 0 Å². The zero-order valence-electron chi connectivity index (χ0n) is 15.8. The van der Waals surface area contributed by atoms with Crippen LogP contribution in [0.25, 0.3) is 11.1 Å². The van der Waals surface area contributed by atoms with Crippen LogP contribution in [0.5, 0.6) is 5.75 Å². The first-order valence-electron chi connectivity index (χ1n) is 9.41. The van der Waals surface area contributed by atoms with Crippen molar-refractivity contribution >= 4 is 15.9 Å². The van der Waals surface area contributed by atoms with Gasteiger partial charge in [0.25, 0.3) is 5.56 Å². The van der Waals surface area contributed by atoms with Crippen LogP contribution in [0.4, 0.5) is 0 Å². The fourth-order valence-corrected chi connectivity index (χ4v) is 3.76. The number of hydrogen-bond donors (Lipinski definition) is 0. The molecule has 0 aliphatic carbocycles. The summed E-state index contributed by atoms with van der Waals surface area (Å²) in [6.45, 7) is 0.887. The third-order valence-electron chi connectivity index (χ3n) is 4.68. The van der Waals surface area contributed by atoms with Gasteiger partial charge in [-0.1, -0.05) is 91.0 Å². The normalized spacial score (nSPS) is 10.7. The van der Waals surface area contributed by atoms with Gasteiger partial charge in [-0.3, -0.25) is 4.79 Å². The third kappa shape index (κ3) is 4.49. The molecule has 0 unspecified atom stereocenters. The lowest BCUT2D eigenvalue weighted by Crippen LogP contribution is -2.22. The standard InChI is InChI=1S/C25H20BrNO2/c26-23-24(29-18-20-12-6-2-7-13-20)22(21-14-8-3-9-15-21)17-27(25(23)28)16-19-10-4-1-5-11-19/h1-15,17H,16,18H2. The summed E-state index contributed by atoms with van der Waals surface area (Å²) in [6, 6.07) is 29.9. The molecule has 0 N–H and O–H groups in total. The van der Waals surface area contributed by atoms with Gasteiger partial charge in [0.05, 0.1) is 6.54 Å². The summed E-state index contributed by atoms with van der Waals surface area (Å²) in [7, 11) is 0. The van der Waals surface area contributed by atoms with E-state index in [1.54, 1.807) is 4.57 Å². The Morgan fingerprint density at radius 3 is 1.93 bits per heavy atom. The zero-order chi connectivity index (χ0) is 20.1. The van der Waals surface area contributed by atoms with E-state index < -0.39 is 0 Å². The van der Waals surface area contributed by atoms with E-state index in [4.69, 9.17) is 4.74 Å². The second-order valence-electron chi connectivity index (χ2n) is 6.74. The fraction of sp³-hybridized carbons (Fsp3) is 0.0800. The molecule has 4 rings (SSSR count). The van der Waals surface area contributed by atoms with Gasteiger partial charge in [0, 0.05) is 11.8 Å². The number of pyridine rings is 1. The molecule has 4 heteroatoms. The van der Waals surface area contributed by atoms with Crippen LogP contribution >= 0.6 is 15.9 Å². The predicted octanol–water partition coefficient (Wildman–Crippen LogP) is 5.91. The Bertz CT molecular complexity index is 1140. The fourth-order valence-electron chi connectivity index (χ4n) is 3.21. The highest BCUT2D eigenvalue weighted by atomic mass is 79.9. The van der Waals surface area contributed by atoms with Gasteiger partial charge >= 0.3 is 0 Å². The molecule has 0 saturated heterocycles. The molecular formula is C25H20BrNO2. The summed E-state index contributed by atoms with van der Waals surface area (Å²) in [5, 5.41) is 0. The summed E-state index contributed by atoms with van der Waals surface area (Å²) < 4.78 is 8.29. The molecule has 0 amide bonds. The molecule has 0 saturated carbocycles. The van der Waals surface area contributed by atoms with Gasteiger partial charge < -0.3 is 9.30 Å². The topological polar surface area (TPSA) is 31.2 Å². The molecule has 0 aliphatic heterocycles. The molecule has 4 aromatic rings. The first-order valence-corrected chi connectivity index (χ1v) is 10.2. The molecule has 1 heterocycles. The average Bonchev–Trinajstić information content (AvgIpc) is 2.78. The van der Waals surface area contributed by atoms with E-state index in [2.05, 4.69) is 15.9 Å². The van der Waals surface area contributed by atoms with Crippen molar-refractivity contribution in [2.75, 3.05) is 0 Å². The van der Waals surface area contributed by atoms with Crippen LogP contribution in [-0.2, 0) is 13.2 Å². The van der Waals surface area contributed by atoms with E-state index in [1.165, 1.54) is 0 Å². The van der Waals surface area contributed by atoms with Gasteiger partial charge in [-0.15, -0.1) is 0 Å². The van der Waals surface area contributed by atoms with E-state index in [0.717, 1.165) is 22.3 Å². The largest absolute Gasteiger partial charge is 0.487 e. The smallest absolute Gasteiger partial charge is 0.269 e. The van der Waals surface area contributed by atoms with Gasteiger partial charge in [-0.05, 0) is 32.6 Å². The minimum absolute atomic E-state index is 0.114. The van der Waals surface area contributed by atoms with Crippen molar-refractivity contribution < 1.29 is 4.74 Å². The molecule has 0 fully saturated rings. The summed E-state index contributed by atoms with van der Waals surface area (Å²) in [5.41, 5.74) is 3.88. The Morgan fingerprint density at radius 2 is 1.31 bits per heavy atom. The van der Waals surface area contributed by atoms with Crippen LogP contribution in [0.2, 0.25) is 0 Å². The van der Waals surface area contributed by atoms with E-state index in [1.807, 2.05) is 97.2 Å². The van der Waals surface area contributed by atoms with E-state index >= 15 is 0 Å². The van der Waals surface area contributed by atoms with Crippen LogP contribution in [0, 0.1) is 0 Å². The van der Waals surface area contributed by atoms with Crippen molar-refractivity contribution in [2.45, 2.75) is 13.2 Å². The summed E-state index contributed by atoms with van der Waals surface area (Å²) in [4.78, 5) is 13.0. The number of ether oxygens (including phenoxy) is 1.